The van der Waals surface area contributed by atoms with Crippen molar-refractivity contribution in [2.24, 2.45) is 0 Å². The summed E-state index contributed by atoms with van der Waals surface area (Å²) in [6.45, 7) is 6.97. The number of hydrogen-bond acceptors (Lipinski definition) is 2. The third-order valence-corrected chi connectivity index (χ3v) is 4.79. The molecule has 1 aliphatic rings. The lowest BCUT2D eigenvalue weighted by Gasteiger charge is -2.29. The Balaban J connectivity index is 1.47. The van der Waals surface area contributed by atoms with Crippen LogP contribution < -0.4 is 9.80 Å². The van der Waals surface area contributed by atoms with Gasteiger partial charge in [-0.05, 0) is 12.1 Å². The van der Waals surface area contributed by atoms with Gasteiger partial charge in [0.1, 0.15) is 39.3 Å². The van der Waals surface area contributed by atoms with Crippen molar-refractivity contribution >= 4 is 5.97 Å². The van der Waals surface area contributed by atoms with Crippen LogP contribution in [0.2, 0.25) is 0 Å². The maximum Gasteiger partial charge on any atom is 0.337 e. The number of nitrogens with one attached hydrogen (secondary N) is 2. The molecule has 2 aromatic rings. The van der Waals surface area contributed by atoms with Crippen LogP contribution in [-0.2, 0) is 17.8 Å². The quantitative estimate of drug-likeness (QED) is 0.756. The molecule has 4 nitrogen and oxygen atoms in total. The molecule has 0 amide bonds. The second-order valence-corrected chi connectivity index (χ2v) is 6.53. The van der Waals surface area contributed by atoms with Crippen molar-refractivity contribution < 1.29 is 19.3 Å². The zero-order valence-electron chi connectivity index (χ0n) is 14.3. The maximum atomic E-state index is 11.5. The highest BCUT2D eigenvalue weighted by Gasteiger charge is 2.23. The fourth-order valence-electron chi connectivity index (χ4n) is 3.36. The molecule has 4 heteroatoms. The second kappa shape index (κ2) is 8.08. The predicted octanol–water partition coefficient (Wildman–Crippen LogP) is -0.0432. The van der Waals surface area contributed by atoms with E-state index in [1.165, 1.54) is 44.4 Å². The van der Waals surface area contributed by atoms with E-state index in [9.17, 15) is 4.79 Å². The maximum absolute atomic E-state index is 11.5. The molecule has 3 rings (SSSR count). The van der Waals surface area contributed by atoms with E-state index >= 15 is 0 Å². The molecule has 0 spiro atoms. The van der Waals surface area contributed by atoms with Crippen LogP contribution >= 0.6 is 0 Å². The number of ether oxygens (including phenoxy) is 1. The van der Waals surface area contributed by atoms with E-state index in [1.54, 1.807) is 9.80 Å². The van der Waals surface area contributed by atoms with E-state index in [-0.39, 0.29) is 5.97 Å². The van der Waals surface area contributed by atoms with Gasteiger partial charge in [-0.1, -0.05) is 42.5 Å². The van der Waals surface area contributed by atoms with E-state index in [2.05, 4.69) is 30.3 Å². The second-order valence-electron chi connectivity index (χ2n) is 6.53. The Morgan fingerprint density at radius 2 is 1.33 bits per heavy atom. The van der Waals surface area contributed by atoms with Gasteiger partial charge in [0.15, 0.2) is 0 Å². The number of piperazine rings is 1. The van der Waals surface area contributed by atoms with Gasteiger partial charge in [-0.3, -0.25) is 0 Å². The Bertz CT molecular complexity index is 647. The molecule has 0 radical (unpaired) electrons. The van der Waals surface area contributed by atoms with Crippen LogP contribution in [0.3, 0.4) is 0 Å². The molecule has 0 unspecified atom stereocenters. The standard InChI is InChI=1S/C20H24N2O2/c1-24-20(23)19-9-7-18(8-10-19)16-22-13-11-21(12-14-22)15-17-5-3-2-4-6-17/h2-10H,11-16H2,1H3/p+2. The Morgan fingerprint density at radius 1 is 0.833 bits per heavy atom. The van der Waals surface area contributed by atoms with Gasteiger partial charge in [0, 0.05) is 11.1 Å². The van der Waals surface area contributed by atoms with Crippen LogP contribution in [0.25, 0.3) is 0 Å². The number of hydrogen-bond donors (Lipinski definition) is 2. The van der Waals surface area contributed by atoms with E-state index < -0.39 is 0 Å². The van der Waals surface area contributed by atoms with Crippen molar-refractivity contribution in [1.29, 1.82) is 0 Å². The molecular formula is C20H26N2O2+2. The number of quaternary nitrogens is 2. The minimum absolute atomic E-state index is 0.271. The molecule has 24 heavy (non-hydrogen) atoms. The molecule has 0 aromatic heterocycles. The molecule has 2 N–H and O–H groups in total. The largest absolute Gasteiger partial charge is 0.465 e. The summed E-state index contributed by atoms with van der Waals surface area (Å²) in [5, 5.41) is 0. The Labute approximate surface area is 143 Å². The van der Waals surface area contributed by atoms with E-state index in [0.717, 1.165) is 13.1 Å². The highest BCUT2D eigenvalue weighted by Crippen LogP contribution is 2.04. The molecule has 0 bridgehead atoms. The third-order valence-electron chi connectivity index (χ3n) is 4.79. The molecule has 126 valence electrons. The first kappa shape index (κ1) is 16.7. The fraction of sp³-hybridized carbons (Fsp3) is 0.350. The van der Waals surface area contributed by atoms with Gasteiger partial charge in [0.2, 0.25) is 0 Å². The summed E-state index contributed by atoms with van der Waals surface area (Å²) in [4.78, 5) is 14.8. The lowest BCUT2D eigenvalue weighted by molar-refractivity contribution is -1.02. The lowest BCUT2D eigenvalue weighted by Crippen LogP contribution is -3.27. The van der Waals surface area contributed by atoms with Crippen LogP contribution in [-0.4, -0.2) is 39.3 Å². The van der Waals surface area contributed by atoms with Gasteiger partial charge in [0.05, 0.1) is 12.7 Å². The first-order chi connectivity index (χ1) is 11.7. The summed E-state index contributed by atoms with van der Waals surface area (Å²) in [6, 6.07) is 18.6. The monoisotopic (exact) mass is 326 g/mol. The van der Waals surface area contributed by atoms with Crippen molar-refractivity contribution in [2.45, 2.75) is 13.1 Å². The van der Waals surface area contributed by atoms with Crippen LogP contribution in [0.4, 0.5) is 0 Å². The summed E-state index contributed by atoms with van der Waals surface area (Å²) in [6.07, 6.45) is 0. The van der Waals surface area contributed by atoms with Gasteiger partial charge in [-0.25, -0.2) is 4.79 Å². The Hall–Kier alpha value is -2.17. The van der Waals surface area contributed by atoms with Crippen molar-refractivity contribution in [2.75, 3.05) is 33.3 Å². The first-order valence-corrected chi connectivity index (χ1v) is 8.63. The molecule has 1 saturated heterocycles. The molecular weight excluding hydrogens is 300 g/mol. The summed E-state index contributed by atoms with van der Waals surface area (Å²) in [7, 11) is 1.41. The van der Waals surface area contributed by atoms with Crippen LogP contribution in [0, 0.1) is 0 Å². The van der Waals surface area contributed by atoms with Crippen molar-refractivity contribution in [3.8, 4) is 0 Å². The molecule has 1 fully saturated rings. The van der Waals surface area contributed by atoms with Crippen molar-refractivity contribution in [1.82, 2.24) is 0 Å². The number of methoxy groups -OCH3 is 1. The smallest absolute Gasteiger partial charge is 0.337 e. The number of benzene rings is 2. The lowest BCUT2D eigenvalue weighted by atomic mass is 10.1. The van der Waals surface area contributed by atoms with Gasteiger partial charge >= 0.3 is 5.97 Å². The molecule has 1 heterocycles. The van der Waals surface area contributed by atoms with Crippen molar-refractivity contribution in [3.05, 3.63) is 71.3 Å². The average molecular weight is 326 g/mol. The van der Waals surface area contributed by atoms with Gasteiger partial charge in [-0.2, -0.15) is 0 Å². The predicted molar refractivity (Wildman–Crippen MR) is 93.0 cm³/mol. The molecule has 0 aliphatic carbocycles. The van der Waals surface area contributed by atoms with Gasteiger partial charge in [-0.15, -0.1) is 0 Å². The Kier molecular flexibility index (Phi) is 5.62. The molecule has 0 atom stereocenters. The van der Waals surface area contributed by atoms with Crippen LogP contribution in [0.1, 0.15) is 21.5 Å². The van der Waals surface area contributed by atoms with E-state index in [4.69, 9.17) is 4.74 Å². The fourth-order valence-corrected chi connectivity index (χ4v) is 3.36. The van der Waals surface area contributed by atoms with E-state index in [0.29, 0.717) is 5.56 Å². The number of rotatable bonds is 5. The minimum Gasteiger partial charge on any atom is -0.465 e. The van der Waals surface area contributed by atoms with Gasteiger partial charge < -0.3 is 14.5 Å². The summed E-state index contributed by atoms with van der Waals surface area (Å²) in [5.41, 5.74) is 3.33. The molecule has 0 saturated carbocycles. The van der Waals surface area contributed by atoms with Crippen LogP contribution in [0.15, 0.2) is 54.6 Å². The Morgan fingerprint density at radius 3 is 1.83 bits per heavy atom. The summed E-state index contributed by atoms with van der Waals surface area (Å²) in [5.74, 6) is -0.271. The highest BCUT2D eigenvalue weighted by atomic mass is 16.5. The zero-order valence-corrected chi connectivity index (χ0v) is 14.3. The number of carbonyl (C=O) groups is 1. The molecule has 2 aromatic carbocycles. The average Bonchev–Trinajstić information content (AvgIpc) is 2.64. The SMILES string of the molecule is COC(=O)c1ccc(C[NH+]2CC[NH+](Cc3ccccc3)CC2)cc1. The normalized spacial score (nSPS) is 20.5. The van der Waals surface area contributed by atoms with Gasteiger partial charge in [0.25, 0.3) is 0 Å². The third kappa shape index (κ3) is 4.43. The van der Waals surface area contributed by atoms with Crippen molar-refractivity contribution in [3.63, 3.8) is 0 Å². The molecule has 1 aliphatic heterocycles. The summed E-state index contributed by atoms with van der Waals surface area (Å²) >= 11 is 0. The van der Waals surface area contributed by atoms with E-state index in [1.807, 2.05) is 24.3 Å². The van der Waals surface area contributed by atoms with Crippen LogP contribution in [0.5, 0.6) is 0 Å². The summed E-state index contributed by atoms with van der Waals surface area (Å²) < 4.78 is 4.74. The zero-order chi connectivity index (χ0) is 16.8. The topological polar surface area (TPSA) is 35.2 Å². The minimum atomic E-state index is -0.271. The number of carbonyl (C=O) groups excluding carboxylic acids is 1. The first-order valence-electron chi connectivity index (χ1n) is 8.63. The number of esters is 1. The highest BCUT2D eigenvalue weighted by molar-refractivity contribution is 5.89.